The van der Waals surface area contributed by atoms with Gasteiger partial charge in [0.1, 0.15) is 17.7 Å². The molecule has 0 N–H and O–H groups in total. The van der Waals surface area contributed by atoms with E-state index < -0.39 is 0 Å². The third-order valence-electron chi connectivity index (χ3n) is 2.84. The van der Waals surface area contributed by atoms with Crippen LogP contribution in [0.5, 0.6) is 0 Å². The third kappa shape index (κ3) is 4.28. The Labute approximate surface area is 124 Å². The monoisotopic (exact) mass is 289 g/mol. The second-order valence-corrected chi connectivity index (χ2v) is 4.47. The molecule has 0 amide bonds. The minimum absolute atomic E-state index is 0.0337. The Balaban J connectivity index is 3.01. The molecule has 1 rings (SSSR count). The molecule has 0 aliphatic rings. The number of hydrogen-bond acceptors (Lipinski definition) is 4. The van der Waals surface area contributed by atoms with E-state index in [0.717, 1.165) is 18.8 Å². The van der Waals surface area contributed by atoms with Crippen LogP contribution >= 0.6 is 11.6 Å². The van der Waals surface area contributed by atoms with E-state index in [9.17, 15) is 0 Å². The van der Waals surface area contributed by atoms with Crippen LogP contribution in [0.4, 0.5) is 5.69 Å². The van der Waals surface area contributed by atoms with Crippen molar-refractivity contribution in [2.24, 2.45) is 0 Å². The van der Waals surface area contributed by atoms with Crippen molar-refractivity contribution in [3.63, 3.8) is 0 Å². The van der Waals surface area contributed by atoms with Crippen LogP contribution in [0.1, 0.15) is 12.5 Å². The van der Waals surface area contributed by atoms with Gasteiger partial charge >= 0.3 is 0 Å². The Morgan fingerprint density at radius 1 is 1.40 bits per heavy atom. The quantitative estimate of drug-likeness (QED) is 0.754. The molecule has 0 aliphatic heterocycles. The van der Waals surface area contributed by atoms with Crippen molar-refractivity contribution < 1.29 is 4.74 Å². The molecule has 0 aliphatic carbocycles. The van der Waals surface area contributed by atoms with Gasteiger partial charge in [0.05, 0.1) is 6.61 Å². The highest BCUT2D eigenvalue weighted by atomic mass is 35.5. The molecule has 0 heterocycles. The molecule has 4 nitrogen and oxygen atoms in total. The second kappa shape index (κ2) is 8.22. The van der Waals surface area contributed by atoms with Crippen molar-refractivity contribution in [1.29, 1.82) is 10.5 Å². The molecule has 0 unspecified atom stereocenters. The van der Waals surface area contributed by atoms with E-state index in [1.165, 1.54) is 6.08 Å². The topological polar surface area (TPSA) is 60.0 Å². The molecule has 5 heteroatoms. The minimum Gasteiger partial charge on any atom is -0.383 e. The van der Waals surface area contributed by atoms with Crippen LogP contribution < -0.4 is 4.90 Å². The number of benzene rings is 1. The van der Waals surface area contributed by atoms with Gasteiger partial charge < -0.3 is 9.64 Å². The van der Waals surface area contributed by atoms with E-state index in [4.69, 9.17) is 26.9 Å². The van der Waals surface area contributed by atoms with E-state index in [2.05, 4.69) is 11.8 Å². The number of ether oxygens (including phenoxy) is 1. The van der Waals surface area contributed by atoms with Gasteiger partial charge in [0.25, 0.3) is 0 Å². The number of nitriles is 2. The number of nitrogens with zero attached hydrogens (tertiary/aromatic N) is 3. The lowest BCUT2D eigenvalue weighted by molar-refractivity contribution is 0.205. The summed E-state index contributed by atoms with van der Waals surface area (Å²) in [6.07, 6.45) is 1.48. The summed E-state index contributed by atoms with van der Waals surface area (Å²) in [4.78, 5) is 2.14. The third-order valence-corrected chi connectivity index (χ3v) is 3.16. The smallest absolute Gasteiger partial charge is 0.130 e. The van der Waals surface area contributed by atoms with Crippen molar-refractivity contribution in [3.8, 4) is 12.1 Å². The van der Waals surface area contributed by atoms with Crippen molar-refractivity contribution in [2.75, 3.05) is 31.7 Å². The minimum atomic E-state index is 0.0337. The fourth-order valence-electron chi connectivity index (χ4n) is 1.75. The van der Waals surface area contributed by atoms with E-state index >= 15 is 0 Å². The number of hydrogen-bond donors (Lipinski definition) is 0. The van der Waals surface area contributed by atoms with Crippen molar-refractivity contribution in [3.05, 3.63) is 34.4 Å². The van der Waals surface area contributed by atoms with E-state index in [-0.39, 0.29) is 5.57 Å². The Hall–Kier alpha value is -2.01. The molecular formula is C15H16ClN3O. The van der Waals surface area contributed by atoms with Gasteiger partial charge in [-0.2, -0.15) is 10.5 Å². The zero-order chi connectivity index (χ0) is 15.0. The Morgan fingerprint density at radius 2 is 2.10 bits per heavy atom. The van der Waals surface area contributed by atoms with Gasteiger partial charge in [-0.25, -0.2) is 0 Å². The number of methoxy groups -OCH3 is 1. The molecule has 0 spiro atoms. The maximum Gasteiger partial charge on any atom is 0.130 e. The Morgan fingerprint density at radius 3 is 2.60 bits per heavy atom. The van der Waals surface area contributed by atoms with Crippen LogP contribution in [0, 0.1) is 22.7 Å². The van der Waals surface area contributed by atoms with Crippen molar-refractivity contribution >= 4 is 23.4 Å². The lowest BCUT2D eigenvalue weighted by Crippen LogP contribution is -2.26. The van der Waals surface area contributed by atoms with Crippen molar-refractivity contribution in [1.82, 2.24) is 0 Å². The van der Waals surface area contributed by atoms with Crippen LogP contribution in [0.3, 0.4) is 0 Å². The molecule has 0 fully saturated rings. The normalized spacial score (nSPS) is 9.45. The SMILES string of the molecule is CCN(CCOC)c1ccc(C=C(C#N)C#N)c(Cl)c1. The molecule has 1 aromatic carbocycles. The fraction of sp³-hybridized carbons (Fsp3) is 0.333. The summed E-state index contributed by atoms with van der Waals surface area (Å²) in [5.74, 6) is 0. The largest absolute Gasteiger partial charge is 0.383 e. The molecule has 0 aromatic heterocycles. The van der Waals surface area contributed by atoms with E-state index in [1.54, 1.807) is 7.11 Å². The van der Waals surface area contributed by atoms with Gasteiger partial charge in [-0.3, -0.25) is 0 Å². The predicted molar refractivity (Wildman–Crippen MR) is 80.4 cm³/mol. The average molecular weight is 290 g/mol. The van der Waals surface area contributed by atoms with Crippen LogP contribution in [-0.4, -0.2) is 26.8 Å². The highest BCUT2D eigenvalue weighted by Crippen LogP contribution is 2.25. The highest BCUT2D eigenvalue weighted by molar-refractivity contribution is 6.32. The molecule has 0 atom stereocenters. The highest BCUT2D eigenvalue weighted by Gasteiger charge is 2.07. The zero-order valence-corrected chi connectivity index (χ0v) is 12.3. The van der Waals surface area contributed by atoms with Crippen LogP contribution in [0.2, 0.25) is 5.02 Å². The van der Waals surface area contributed by atoms with Gasteiger partial charge in [0, 0.05) is 30.9 Å². The molecular weight excluding hydrogens is 274 g/mol. The molecule has 0 radical (unpaired) electrons. The summed E-state index contributed by atoms with van der Waals surface area (Å²) >= 11 is 6.20. The van der Waals surface area contributed by atoms with Crippen LogP contribution in [0.25, 0.3) is 6.08 Å². The summed E-state index contributed by atoms with van der Waals surface area (Å²) in [7, 11) is 1.67. The van der Waals surface area contributed by atoms with Gasteiger partial charge in [0.2, 0.25) is 0 Å². The van der Waals surface area contributed by atoms with E-state index in [1.807, 2.05) is 30.3 Å². The number of likely N-dealkylation sites (N-methyl/N-ethyl adjacent to an activating group) is 1. The Kier molecular flexibility index (Phi) is 6.59. The lowest BCUT2D eigenvalue weighted by atomic mass is 10.1. The Bertz CT molecular complexity index is 553. The molecule has 104 valence electrons. The summed E-state index contributed by atoms with van der Waals surface area (Å²) < 4.78 is 5.08. The predicted octanol–water partition coefficient (Wildman–Crippen LogP) is 3.24. The summed E-state index contributed by atoms with van der Waals surface area (Å²) in [5, 5.41) is 18.0. The molecule has 20 heavy (non-hydrogen) atoms. The zero-order valence-electron chi connectivity index (χ0n) is 11.6. The van der Waals surface area contributed by atoms with Crippen LogP contribution in [-0.2, 0) is 4.74 Å². The van der Waals surface area contributed by atoms with Crippen LogP contribution in [0.15, 0.2) is 23.8 Å². The maximum atomic E-state index is 8.75. The first kappa shape index (κ1) is 16.0. The van der Waals surface area contributed by atoms with Gasteiger partial charge in [-0.05, 0) is 30.7 Å². The second-order valence-electron chi connectivity index (χ2n) is 4.06. The van der Waals surface area contributed by atoms with E-state index in [0.29, 0.717) is 17.2 Å². The number of halogens is 1. The number of rotatable bonds is 6. The summed E-state index contributed by atoms with van der Waals surface area (Å²) in [6, 6.07) is 9.20. The summed E-state index contributed by atoms with van der Waals surface area (Å²) in [5.41, 5.74) is 1.69. The van der Waals surface area contributed by atoms with Crippen molar-refractivity contribution in [2.45, 2.75) is 6.92 Å². The first-order valence-corrected chi connectivity index (χ1v) is 6.59. The average Bonchev–Trinajstić information content (AvgIpc) is 2.47. The fourth-order valence-corrected chi connectivity index (χ4v) is 1.98. The van der Waals surface area contributed by atoms with Gasteiger partial charge in [-0.1, -0.05) is 17.7 Å². The molecule has 1 aromatic rings. The number of allylic oxidation sites excluding steroid dienone is 1. The molecule has 0 saturated heterocycles. The first-order chi connectivity index (χ1) is 9.65. The first-order valence-electron chi connectivity index (χ1n) is 6.21. The number of anilines is 1. The summed E-state index contributed by atoms with van der Waals surface area (Å²) in [6.45, 7) is 4.32. The standard InChI is InChI=1S/C15H16ClN3O/c1-3-19(6-7-20-2)14-5-4-13(15(16)9-14)8-12(10-17)11-18/h4-5,8-9H,3,6-7H2,1-2H3. The van der Waals surface area contributed by atoms with Gasteiger partial charge in [0.15, 0.2) is 0 Å². The molecule has 0 saturated carbocycles. The van der Waals surface area contributed by atoms with Gasteiger partial charge in [-0.15, -0.1) is 0 Å². The lowest BCUT2D eigenvalue weighted by Gasteiger charge is -2.23. The molecule has 0 bridgehead atoms. The maximum absolute atomic E-state index is 8.75.